The van der Waals surface area contributed by atoms with E-state index >= 15 is 0 Å². The molecule has 0 bridgehead atoms. The van der Waals surface area contributed by atoms with E-state index in [0.717, 1.165) is 35.6 Å². The number of hydrogen-bond donors (Lipinski definition) is 2. The molecule has 3 aromatic rings. The Labute approximate surface area is 216 Å². The van der Waals surface area contributed by atoms with E-state index < -0.39 is 6.04 Å². The molecular formula is C27H30Cl2N4O2. The fraction of sp³-hybridized carbons (Fsp3) is 0.296. The molecule has 35 heavy (non-hydrogen) atoms. The van der Waals surface area contributed by atoms with Crippen LogP contribution < -0.4 is 16.0 Å². The normalized spacial score (nSPS) is 14.7. The summed E-state index contributed by atoms with van der Waals surface area (Å²) in [6, 6.07) is 22.8. The zero-order valence-electron chi connectivity index (χ0n) is 19.5. The minimum Gasteiger partial charge on any atom is -0.397 e. The average Bonchev–Trinajstić information content (AvgIpc) is 2.89. The summed E-state index contributed by atoms with van der Waals surface area (Å²) < 4.78 is 5.94. The molecule has 3 N–H and O–H groups in total. The number of piperazine rings is 1. The second kappa shape index (κ2) is 12.3. The number of rotatable bonds is 9. The Morgan fingerprint density at radius 2 is 1.63 bits per heavy atom. The molecule has 0 unspecified atom stereocenters. The van der Waals surface area contributed by atoms with Crippen molar-refractivity contribution in [3.05, 3.63) is 94.0 Å². The topological polar surface area (TPSA) is 70.8 Å². The highest BCUT2D eigenvalue weighted by Gasteiger charge is 2.28. The van der Waals surface area contributed by atoms with Crippen LogP contribution in [-0.4, -0.2) is 49.6 Å². The van der Waals surface area contributed by atoms with Gasteiger partial charge in [-0.05, 0) is 35.4 Å². The number of nitrogens with one attached hydrogen (secondary N) is 1. The molecule has 8 heteroatoms. The van der Waals surface area contributed by atoms with E-state index in [4.69, 9.17) is 33.7 Å². The highest BCUT2D eigenvalue weighted by Crippen LogP contribution is 2.24. The molecule has 0 saturated carbocycles. The predicted octanol–water partition coefficient (Wildman–Crippen LogP) is 4.60. The highest BCUT2D eigenvalue weighted by molar-refractivity contribution is 6.42. The molecule has 0 aliphatic carbocycles. The van der Waals surface area contributed by atoms with Crippen molar-refractivity contribution in [2.24, 2.45) is 0 Å². The van der Waals surface area contributed by atoms with Crippen LogP contribution in [0, 0.1) is 0 Å². The molecule has 4 rings (SSSR count). The number of nitrogens with two attached hydrogens (primary N) is 1. The van der Waals surface area contributed by atoms with Gasteiger partial charge in [-0.25, -0.2) is 0 Å². The van der Waals surface area contributed by atoms with Gasteiger partial charge in [0.1, 0.15) is 6.04 Å². The summed E-state index contributed by atoms with van der Waals surface area (Å²) in [4.78, 5) is 17.6. The first-order valence-electron chi connectivity index (χ1n) is 11.7. The van der Waals surface area contributed by atoms with E-state index in [1.165, 1.54) is 0 Å². The molecule has 1 heterocycles. The molecule has 1 amide bonds. The Morgan fingerprint density at radius 1 is 0.914 bits per heavy atom. The van der Waals surface area contributed by atoms with Gasteiger partial charge >= 0.3 is 0 Å². The third kappa shape index (κ3) is 6.89. The second-order valence-corrected chi connectivity index (χ2v) is 9.37. The quantitative estimate of drug-likeness (QED) is 0.410. The predicted molar refractivity (Wildman–Crippen MR) is 143 cm³/mol. The van der Waals surface area contributed by atoms with Crippen molar-refractivity contribution in [1.29, 1.82) is 0 Å². The molecular weight excluding hydrogens is 483 g/mol. The summed E-state index contributed by atoms with van der Waals surface area (Å²) in [5.74, 6) is 0.0377. The molecule has 1 aliphatic heterocycles. The Balaban J connectivity index is 1.37. The molecule has 1 saturated heterocycles. The van der Waals surface area contributed by atoms with E-state index in [9.17, 15) is 4.79 Å². The van der Waals surface area contributed by atoms with Crippen molar-refractivity contribution in [2.75, 3.05) is 43.4 Å². The summed E-state index contributed by atoms with van der Waals surface area (Å²) >= 11 is 12.1. The van der Waals surface area contributed by atoms with Crippen LogP contribution >= 0.6 is 23.2 Å². The molecule has 184 valence electrons. The van der Waals surface area contributed by atoms with Crippen LogP contribution in [-0.2, 0) is 22.7 Å². The maximum atomic E-state index is 13.5. The number of anilines is 2. The Morgan fingerprint density at radius 3 is 2.34 bits per heavy atom. The van der Waals surface area contributed by atoms with Gasteiger partial charge in [-0.15, -0.1) is 0 Å². The van der Waals surface area contributed by atoms with Gasteiger partial charge in [-0.1, -0.05) is 71.7 Å². The number of halogens is 2. The first kappa shape index (κ1) is 25.3. The smallest absolute Gasteiger partial charge is 0.242 e. The molecule has 0 radical (unpaired) electrons. The number of benzene rings is 3. The van der Waals surface area contributed by atoms with E-state index in [-0.39, 0.29) is 12.5 Å². The Bertz CT molecular complexity index is 1120. The lowest BCUT2D eigenvalue weighted by Crippen LogP contribution is -2.55. The van der Waals surface area contributed by atoms with Crippen molar-refractivity contribution in [3.63, 3.8) is 0 Å². The van der Waals surface area contributed by atoms with Crippen LogP contribution in [0.5, 0.6) is 0 Å². The molecule has 1 aliphatic rings. The van der Waals surface area contributed by atoms with Crippen molar-refractivity contribution < 1.29 is 9.53 Å². The summed E-state index contributed by atoms with van der Waals surface area (Å²) in [6.45, 7) is 3.89. The minimum absolute atomic E-state index is 0.0377. The van der Waals surface area contributed by atoms with Crippen LogP contribution in [0.1, 0.15) is 11.1 Å². The number of amides is 1. The van der Waals surface area contributed by atoms with Crippen LogP contribution in [0.2, 0.25) is 10.0 Å². The van der Waals surface area contributed by atoms with Crippen LogP contribution in [0.4, 0.5) is 11.4 Å². The maximum absolute atomic E-state index is 13.5. The van der Waals surface area contributed by atoms with Crippen LogP contribution in [0.25, 0.3) is 0 Å². The number of carbonyl (C=O) groups is 1. The second-order valence-electron chi connectivity index (χ2n) is 8.55. The van der Waals surface area contributed by atoms with Gasteiger partial charge < -0.3 is 20.3 Å². The number of nitrogen functional groups attached to an aromatic ring is 1. The minimum atomic E-state index is -0.466. The summed E-state index contributed by atoms with van der Waals surface area (Å²) in [5, 5.41) is 4.38. The number of carbonyl (C=O) groups excluding carboxylic acids is 1. The van der Waals surface area contributed by atoms with Gasteiger partial charge in [0.25, 0.3) is 0 Å². The average molecular weight is 513 g/mol. The lowest BCUT2D eigenvalue weighted by molar-refractivity contribution is -0.135. The lowest BCUT2D eigenvalue weighted by Gasteiger charge is -2.38. The van der Waals surface area contributed by atoms with E-state index in [1.54, 1.807) is 12.1 Å². The fourth-order valence-corrected chi connectivity index (χ4v) is 4.46. The molecule has 0 aromatic heterocycles. The molecule has 6 nitrogen and oxygen atoms in total. The lowest BCUT2D eigenvalue weighted by atomic mass is 10.1. The third-order valence-electron chi connectivity index (χ3n) is 6.10. The number of para-hydroxylation sites is 2. The number of nitrogens with zero attached hydrogens (tertiary/aromatic N) is 2. The van der Waals surface area contributed by atoms with Gasteiger partial charge in [0, 0.05) is 32.7 Å². The Hall–Kier alpha value is -2.77. The number of hydrogen-bond acceptors (Lipinski definition) is 5. The zero-order chi connectivity index (χ0) is 24.6. The van der Waals surface area contributed by atoms with Gasteiger partial charge in [-0.2, -0.15) is 0 Å². The molecule has 1 fully saturated rings. The van der Waals surface area contributed by atoms with E-state index in [1.807, 2.05) is 65.6 Å². The monoisotopic (exact) mass is 512 g/mol. The molecule has 1 atom stereocenters. The van der Waals surface area contributed by atoms with Gasteiger partial charge in [0.2, 0.25) is 5.91 Å². The highest BCUT2D eigenvalue weighted by atomic mass is 35.5. The molecule has 0 spiro atoms. The van der Waals surface area contributed by atoms with Crippen molar-refractivity contribution in [2.45, 2.75) is 19.2 Å². The zero-order valence-corrected chi connectivity index (χ0v) is 21.0. The SMILES string of the molecule is Nc1ccccc1N1CCN(C(=O)[C@H](COCc2ccc(Cl)c(Cl)c2)NCc2ccccc2)CC1. The van der Waals surface area contributed by atoms with Gasteiger partial charge in [-0.3, -0.25) is 10.1 Å². The summed E-state index contributed by atoms with van der Waals surface area (Å²) in [7, 11) is 0. The molecule has 3 aromatic carbocycles. The van der Waals surface area contributed by atoms with Gasteiger partial charge in [0.05, 0.1) is 34.6 Å². The van der Waals surface area contributed by atoms with E-state index in [0.29, 0.717) is 36.3 Å². The van der Waals surface area contributed by atoms with Crippen molar-refractivity contribution in [1.82, 2.24) is 10.2 Å². The van der Waals surface area contributed by atoms with Crippen molar-refractivity contribution in [3.8, 4) is 0 Å². The summed E-state index contributed by atoms with van der Waals surface area (Å²) in [5.41, 5.74) is 9.93. The first-order valence-corrected chi connectivity index (χ1v) is 12.4. The number of ether oxygens (including phenoxy) is 1. The van der Waals surface area contributed by atoms with Crippen molar-refractivity contribution >= 4 is 40.5 Å². The Kier molecular flexibility index (Phi) is 8.88. The standard InChI is InChI=1S/C27H30Cl2N4O2/c28-22-11-10-21(16-23(22)29)18-35-19-25(31-17-20-6-2-1-3-7-20)27(34)33-14-12-32(13-15-33)26-9-5-4-8-24(26)30/h1-11,16,25,31H,12-15,17-19,30H2/t25-/m0/s1. The van der Waals surface area contributed by atoms with Gasteiger partial charge in [0.15, 0.2) is 0 Å². The maximum Gasteiger partial charge on any atom is 0.242 e. The van der Waals surface area contributed by atoms with E-state index in [2.05, 4.69) is 10.2 Å². The third-order valence-corrected chi connectivity index (χ3v) is 6.84. The summed E-state index contributed by atoms with van der Waals surface area (Å²) in [6.07, 6.45) is 0. The first-order chi connectivity index (χ1) is 17.0. The van der Waals surface area contributed by atoms with Crippen LogP contribution in [0.15, 0.2) is 72.8 Å². The largest absolute Gasteiger partial charge is 0.397 e. The van der Waals surface area contributed by atoms with Crippen LogP contribution in [0.3, 0.4) is 0 Å². The fourth-order valence-electron chi connectivity index (χ4n) is 4.14.